The number of aromatic nitrogens is 3. The van der Waals surface area contributed by atoms with Gasteiger partial charge in [-0.2, -0.15) is 24.5 Å². The largest absolute Gasteiger partial charge is 0.416 e. The number of fused-ring (bicyclic) bond motifs is 1. The summed E-state index contributed by atoms with van der Waals surface area (Å²) in [5, 5.41) is 12.8. The van der Waals surface area contributed by atoms with Crippen molar-refractivity contribution in [1.29, 1.82) is 0 Å². The van der Waals surface area contributed by atoms with Crippen LogP contribution < -0.4 is 0 Å². The highest BCUT2D eigenvalue weighted by atomic mass is 32.1. The molecule has 2 aromatic heterocycles. The van der Waals surface area contributed by atoms with Gasteiger partial charge in [0.2, 0.25) is 0 Å². The number of alkyl halides is 3. The van der Waals surface area contributed by atoms with E-state index in [0.717, 1.165) is 61.7 Å². The maximum absolute atomic E-state index is 12.9. The summed E-state index contributed by atoms with van der Waals surface area (Å²) < 4.78 is 40.8. The number of hydrogen-bond acceptors (Lipinski definition) is 4. The summed E-state index contributed by atoms with van der Waals surface area (Å²) in [5.74, 6) is 2.99. The van der Waals surface area contributed by atoms with Crippen molar-refractivity contribution in [3.63, 3.8) is 0 Å². The zero-order valence-electron chi connectivity index (χ0n) is 18.3. The Bertz CT molecular complexity index is 1070. The van der Waals surface area contributed by atoms with Crippen molar-refractivity contribution in [1.82, 2.24) is 19.7 Å². The number of rotatable bonds is 7. The van der Waals surface area contributed by atoms with E-state index in [-0.39, 0.29) is 5.41 Å². The molecule has 170 valence electrons. The third kappa shape index (κ3) is 3.67. The summed E-state index contributed by atoms with van der Waals surface area (Å²) in [4.78, 5) is 2.48. The van der Waals surface area contributed by atoms with E-state index in [1.54, 1.807) is 23.5 Å². The van der Waals surface area contributed by atoms with Crippen molar-refractivity contribution in [3.8, 4) is 11.4 Å². The predicted octanol–water partition coefficient (Wildman–Crippen LogP) is 5.40. The molecule has 3 heterocycles. The summed E-state index contributed by atoms with van der Waals surface area (Å²) >= 11 is 1.65. The average molecular weight is 461 g/mol. The van der Waals surface area contributed by atoms with Gasteiger partial charge in [-0.3, -0.25) is 0 Å². The van der Waals surface area contributed by atoms with E-state index in [9.17, 15) is 13.2 Å². The Kier molecular flexibility index (Phi) is 5.40. The van der Waals surface area contributed by atoms with Crippen molar-refractivity contribution in [3.05, 3.63) is 58.0 Å². The molecule has 1 aliphatic carbocycles. The Morgan fingerprint density at radius 2 is 1.91 bits per heavy atom. The van der Waals surface area contributed by atoms with Gasteiger partial charge in [0.1, 0.15) is 5.82 Å². The smallest absolute Gasteiger partial charge is 0.314 e. The summed E-state index contributed by atoms with van der Waals surface area (Å²) in [6.07, 6.45) is -1.27. The normalized spacial score (nSPS) is 25.3. The molecule has 0 radical (unpaired) electrons. The molecular weight excluding hydrogens is 433 g/mol. The van der Waals surface area contributed by atoms with Crippen molar-refractivity contribution >= 4 is 11.3 Å². The quantitative estimate of drug-likeness (QED) is 0.443. The third-order valence-corrected chi connectivity index (χ3v) is 8.21. The highest BCUT2D eigenvalue weighted by molar-refractivity contribution is 7.08. The van der Waals surface area contributed by atoms with Gasteiger partial charge < -0.3 is 9.47 Å². The van der Waals surface area contributed by atoms with E-state index in [1.165, 1.54) is 12.1 Å². The molecule has 1 aromatic carbocycles. The van der Waals surface area contributed by atoms with Gasteiger partial charge in [-0.05, 0) is 60.4 Å². The van der Waals surface area contributed by atoms with Gasteiger partial charge in [-0.25, -0.2) is 0 Å². The van der Waals surface area contributed by atoms with Gasteiger partial charge in [-0.1, -0.05) is 19.1 Å². The summed E-state index contributed by atoms with van der Waals surface area (Å²) in [5.41, 5.74) is 1.63. The number of nitrogens with zero attached hydrogens (tertiary/aromatic N) is 4. The zero-order valence-corrected chi connectivity index (χ0v) is 19.1. The molecule has 0 amide bonds. The fourth-order valence-electron chi connectivity index (χ4n) is 5.57. The minimum Gasteiger partial charge on any atom is -0.314 e. The first-order chi connectivity index (χ1) is 15.3. The van der Waals surface area contributed by atoms with Gasteiger partial charge in [0.05, 0.1) is 5.56 Å². The lowest BCUT2D eigenvalue weighted by molar-refractivity contribution is -0.137. The van der Waals surface area contributed by atoms with Crippen LogP contribution in [-0.2, 0) is 25.1 Å². The standard InChI is InChI=1S/C24H27F3N4S/c1-16-20-13-31(15-23(16,20)18-6-8-19(9-7-18)24(25,26)27)11-4-3-5-21-28-29-22(30(21)2)17-10-12-32-14-17/h6-10,12,14,16,20H,3-5,11,13,15H2,1-2H3/t16-,20+,23-/m0/s1. The number of likely N-dealkylation sites (tertiary alicyclic amines) is 1. The molecule has 1 saturated carbocycles. The molecule has 0 N–H and O–H groups in total. The molecule has 5 rings (SSSR count). The third-order valence-electron chi connectivity index (χ3n) is 7.53. The molecule has 1 aliphatic heterocycles. The van der Waals surface area contributed by atoms with Gasteiger partial charge in [0, 0.05) is 42.9 Å². The summed E-state index contributed by atoms with van der Waals surface area (Å²) in [6, 6.07) is 7.93. The first-order valence-corrected chi connectivity index (χ1v) is 12.1. The first kappa shape index (κ1) is 21.6. The number of piperidine rings is 1. The molecule has 32 heavy (non-hydrogen) atoms. The number of aryl methyl sites for hydroxylation is 1. The van der Waals surface area contributed by atoms with E-state index in [1.807, 2.05) is 12.4 Å². The molecule has 0 unspecified atom stereocenters. The van der Waals surface area contributed by atoms with E-state index < -0.39 is 11.7 Å². The first-order valence-electron chi connectivity index (χ1n) is 11.1. The molecule has 3 atom stereocenters. The number of unbranched alkanes of at least 4 members (excludes halogenated alkanes) is 1. The molecule has 2 fully saturated rings. The monoisotopic (exact) mass is 460 g/mol. The van der Waals surface area contributed by atoms with Crippen LogP contribution in [0.5, 0.6) is 0 Å². The molecule has 3 aromatic rings. The van der Waals surface area contributed by atoms with E-state index >= 15 is 0 Å². The van der Waals surface area contributed by atoms with Gasteiger partial charge in [0.25, 0.3) is 0 Å². The van der Waals surface area contributed by atoms with Crippen molar-refractivity contribution < 1.29 is 13.2 Å². The van der Waals surface area contributed by atoms with Crippen LogP contribution in [0.1, 0.15) is 36.7 Å². The van der Waals surface area contributed by atoms with Crippen LogP contribution in [0.25, 0.3) is 11.4 Å². The lowest BCUT2D eigenvalue weighted by Gasteiger charge is -2.23. The number of benzene rings is 1. The topological polar surface area (TPSA) is 34.0 Å². The molecule has 1 saturated heterocycles. The van der Waals surface area contributed by atoms with Crippen LogP contribution >= 0.6 is 11.3 Å². The van der Waals surface area contributed by atoms with E-state index in [0.29, 0.717) is 11.8 Å². The lowest BCUT2D eigenvalue weighted by Crippen LogP contribution is -2.29. The zero-order chi connectivity index (χ0) is 22.5. The fourth-order valence-corrected chi connectivity index (χ4v) is 6.20. The van der Waals surface area contributed by atoms with Gasteiger partial charge in [-0.15, -0.1) is 10.2 Å². The summed E-state index contributed by atoms with van der Waals surface area (Å²) in [6.45, 7) is 5.23. The van der Waals surface area contributed by atoms with E-state index in [2.05, 4.69) is 38.0 Å². The van der Waals surface area contributed by atoms with Crippen LogP contribution in [0.2, 0.25) is 0 Å². The molecular formula is C24H27F3N4S. The molecule has 0 spiro atoms. The molecule has 2 aliphatic rings. The van der Waals surface area contributed by atoms with Crippen LogP contribution in [0.3, 0.4) is 0 Å². The van der Waals surface area contributed by atoms with Crippen LogP contribution in [0.4, 0.5) is 13.2 Å². The Labute approximate surface area is 190 Å². The van der Waals surface area contributed by atoms with Crippen molar-refractivity contribution in [2.75, 3.05) is 19.6 Å². The predicted molar refractivity (Wildman–Crippen MR) is 119 cm³/mol. The van der Waals surface area contributed by atoms with Gasteiger partial charge >= 0.3 is 6.18 Å². The number of halogens is 3. The molecule has 0 bridgehead atoms. The highest BCUT2D eigenvalue weighted by Crippen LogP contribution is 2.63. The van der Waals surface area contributed by atoms with Crippen LogP contribution in [-0.4, -0.2) is 39.3 Å². The Hall–Kier alpha value is -2.19. The second-order valence-corrected chi connectivity index (χ2v) is 9.99. The Balaban J connectivity index is 1.14. The second-order valence-electron chi connectivity index (χ2n) is 9.21. The Morgan fingerprint density at radius 1 is 1.12 bits per heavy atom. The van der Waals surface area contributed by atoms with Gasteiger partial charge in [0.15, 0.2) is 5.82 Å². The maximum Gasteiger partial charge on any atom is 0.416 e. The molecule has 8 heteroatoms. The second kappa shape index (κ2) is 7.99. The van der Waals surface area contributed by atoms with Crippen LogP contribution in [0, 0.1) is 11.8 Å². The van der Waals surface area contributed by atoms with Crippen molar-refractivity contribution in [2.24, 2.45) is 18.9 Å². The Morgan fingerprint density at radius 3 is 2.59 bits per heavy atom. The van der Waals surface area contributed by atoms with E-state index in [4.69, 9.17) is 0 Å². The highest BCUT2D eigenvalue weighted by Gasteiger charge is 2.66. The number of thiophene rings is 1. The number of hydrogen-bond donors (Lipinski definition) is 0. The SMILES string of the molecule is C[C@H]1[C@H]2CN(CCCCc3nnc(-c4ccsc4)n3C)C[C@]21c1ccc(C(F)(F)F)cc1. The fraction of sp³-hybridized carbons (Fsp3) is 0.500. The lowest BCUT2D eigenvalue weighted by atomic mass is 9.92. The van der Waals surface area contributed by atoms with Crippen LogP contribution in [0.15, 0.2) is 41.1 Å². The molecule has 4 nitrogen and oxygen atoms in total. The maximum atomic E-state index is 12.9. The average Bonchev–Trinajstić information content (AvgIpc) is 3.29. The van der Waals surface area contributed by atoms with Crippen molar-refractivity contribution in [2.45, 2.75) is 37.8 Å². The minimum absolute atomic E-state index is 0.0309. The minimum atomic E-state index is -4.28. The summed E-state index contributed by atoms with van der Waals surface area (Å²) in [7, 11) is 2.02.